The minimum Gasteiger partial charge on any atom is -0.508 e. The van der Waals surface area contributed by atoms with Crippen LogP contribution in [0.5, 0.6) is 5.75 Å². The minimum absolute atomic E-state index is 0.159. The van der Waals surface area contributed by atoms with Gasteiger partial charge in [0, 0.05) is 4.70 Å². The molecule has 0 saturated heterocycles. The lowest BCUT2D eigenvalue weighted by Crippen LogP contribution is -1.89. The number of carboxylic acid groups (broad SMARTS) is 1. The molecule has 66 valence electrons. The SMILES string of the molecule is O=C(O)c1cc2ccc(O)cc2s1. The van der Waals surface area contributed by atoms with E-state index in [4.69, 9.17) is 10.2 Å². The molecule has 4 heteroatoms. The number of aromatic hydroxyl groups is 1. The fourth-order valence-electron chi connectivity index (χ4n) is 1.13. The first-order chi connectivity index (χ1) is 6.16. The van der Waals surface area contributed by atoms with Crippen LogP contribution in [0.3, 0.4) is 0 Å². The number of fused-ring (bicyclic) bond motifs is 1. The zero-order valence-corrected chi connectivity index (χ0v) is 7.34. The highest BCUT2D eigenvalue weighted by atomic mass is 32.1. The maximum absolute atomic E-state index is 10.6. The molecule has 0 aliphatic heterocycles. The number of carboxylic acids is 1. The molecule has 2 N–H and O–H groups in total. The molecule has 2 rings (SSSR count). The Balaban J connectivity index is 2.68. The van der Waals surface area contributed by atoms with Crippen LogP contribution >= 0.6 is 11.3 Å². The zero-order chi connectivity index (χ0) is 9.42. The number of hydrogen-bond acceptors (Lipinski definition) is 3. The Hall–Kier alpha value is -1.55. The molecule has 0 amide bonds. The van der Waals surface area contributed by atoms with Crippen LogP contribution < -0.4 is 0 Å². The van der Waals surface area contributed by atoms with Gasteiger partial charge in [-0.2, -0.15) is 0 Å². The molecule has 1 heterocycles. The number of carbonyl (C=O) groups is 1. The first-order valence-electron chi connectivity index (χ1n) is 3.62. The summed E-state index contributed by atoms with van der Waals surface area (Å²) in [6.07, 6.45) is 0. The number of thiophene rings is 1. The van der Waals surface area contributed by atoms with E-state index in [1.807, 2.05) is 0 Å². The van der Waals surface area contributed by atoms with E-state index in [1.165, 1.54) is 0 Å². The third-order valence-corrected chi connectivity index (χ3v) is 2.80. The van der Waals surface area contributed by atoms with Gasteiger partial charge in [-0.3, -0.25) is 0 Å². The van der Waals surface area contributed by atoms with Crippen molar-refractivity contribution in [2.24, 2.45) is 0 Å². The molecule has 3 nitrogen and oxygen atoms in total. The van der Waals surface area contributed by atoms with Crippen LogP contribution in [0.25, 0.3) is 10.1 Å². The molecule has 0 spiro atoms. The largest absolute Gasteiger partial charge is 0.508 e. The van der Waals surface area contributed by atoms with Gasteiger partial charge in [-0.05, 0) is 29.7 Å². The molecule has 2 aromatic rings. The van der Waals surface area contributed by atoms with Crippen molar-refractivity contribution in [3.05, 3.63) is 29.1 Å². The van der Waals surface area contributed by atoms with Crippen molar-refractivity contribution in [2.45, 2.75) is 0 Å². The molecular formula is C9H6O3S. The number of rotatable bonds is 1. The first kappa shape index (κ1) is 8.07. The Morgan fingerprint density at radius 2 is 2.08 bits per heavy atom. The quantitative estimate of drug-likeness (QED) is 0.732. The summed E-state index contributed by atoms with van der Waals surface area (Å²) in [4.78, 5) is 10.9. The van der Waals surface area contributed by atoms with E-state index in [2.05, 4.69) is 0 Å². The van der Waals surface area contributed by atoms with E-state index in [0.29, 0.717) is 4.88 Å². The molecular weight excluding hydrogens is 188 g/mol. The summed E-state index contributed by atoms with van der Waals surface area (Å²) in [7, 11) is 0. The van der Waals surface area contributed by atoms with Crippen molar-refractivity contribution in [3.63, 3.8) is 0 Å². The average Bonchev–Trinajstić information content (AvgIpc) is 2.46. The Morgan fingerprint density at radius 1 is 1.31 bits per heavy atom. The Bertz CT molecular complexity index is 473. The van der Waals surface area contributed by atoms with Crippen molar-refractivity contribution >= 4 is 27.4 Å². The van der Waals surface area contributed by atoms with Crippen LogP contribution in [-0.2, 0) is 0 Å². The highest BCUT2D eigenvalue weighted by Gasteiger charge is 2.07. The van der Waals surface area contributed by atoms with Crippen LogP contribution in [0.15, 0.2) is 24.3 Å². The van der Waals surface area contributed by atoms with Gasteiger partial charge in [-0.25, -0.2) is 4.79 Å². The van der Waals surface area contributed by atoms with Gasteiger partial charge >= 0.3 is 5.97 Å². The standard InChI is InChI=1S/C9H6O3S/c10-6-2-1-5-3-8(9(11)12)13-7(5)4-6/h1-4,10H,(H,11,12). The molecule has 1 aromatic carbocycles. The summed E-state index contributed by atoms with van der Waals surface area (Å²) in [6.45, 7) is 0. The second-order valence-corrected chi connectivity index (χ2v) is 3.72. The minimum atomic E-state index is -0.930. The maximum Gasteiger partial charge on any atom is 0.345 e. The number of hydrogen-bond donors (Lipinski definition) is 2. The van der Waals surface area contributed by atoms with Crippen LogP contribution in [0, 0.1) is 0 Å². The third-order valence-electron chi connectivity index (χ3n) is 1.71. The summed E-state index contributed by atoms with van der Waals surface area (Å²) >= 11 is 1.16. The predicted molar refractivity (Wildman–Crippen MR) is 50.4 cm³/mol. The van der Waals surface area contributed by atoms with Gasteiger partial charge in [0.2, 0.25) is 0 Å². The molecule has 0 unspecified atom stereocenters. The van der Waals surface area contributed by atoms with Crippen molar-refractivity contribution in [1.82, 2.24) is 0 Å². The van der Waals surface area contributed by atoms with E-state index in [1.54, 1.807) is 24.3 Å². The molecule has 1 aromatic heterocycles. The maximum atomic E-state index is 10.6. The highest BCUT2D eigenvalue weighted by molar-refractivity contribution is 7.20. The van der Waals surface area contributed by atoms with Crippen molar-refractivity contribution in [1.29, 1.82) is 0 Å². The number of aromatic carboxylic acids is 1. The van der Waals surface area contributed by atoms with E-state index >= 15 is 0 Å². The van der Waals surface area contributed by atoms with Crippen molar-refractivity contribution in [3.8, 4) is 5.75 Å². The van der Waals surface area contributed by atoms with Gasteiger partial charge in [0.25, 0.3) is 0 Å². The predicted octanol–water partition coefficient (Wildman–Crippen LogP) is 2.31. The fraction of sp³-hybridized carbons (Fsp3) is 0. The first-order valence-corrected chi connectivity index (χ1v) is 4.44. The van der Waals surface area contributed by atoms with Gasteiger partial charge in [0.05, 0.1) is 0 Å². The van der Waals surface area contributed by atoms with E-state index in [-0.39, 0.29) is 5.75 Å². The molecule has 0 saturated carbocycles. The number of phenolic OH excluding ortho intramolecular Hbond substituents is 1. The smallest absolute Gasteiger partial charge is 0.345 e. The Morgan fingerprint density at radius 3 is 2.77 bits per heavy atom. The summed E-state index contributed by atoms with van der Waals surface area (Å²) in [5.74, 6) is -0.771. The van der Waals surface area contributed by atoms with Gasteiger partial charge in [-0.15, -0.1) is 11.3 Å². The second kappa shape index (κ2) is 2.74. The molecule has 0 radical (unpaired) electrons. The zero-order valence-electron chi connectivity index (χ0n) is 6.52. The Kier molecular flexibility index (Phi) is 1.70. The van der Waals surface area contributed by atoms with E-state index < -0.39 is 5.97 Å². The summed E-state index contributed by atoms with van der Waals surface area (Å²) < 4.78 is 0.789. The topological polar surface area (TPSA) is 57.5 Å². The van der Waals surface area contributed by atoms with E-state index in [9.17, 15) is 4.79 Å². The van der Waals surface area contributed by atoms with Crippen molar-refractivity contribution in [2.75, 3.05) is 0 Å². The van der Waals surface area contributed by atoms with E-state index in [0.717, 1.165) is 21.4 Å². The Labute approximate surface area is 77.9 Å². The lowest BCUT2D eigenvalue weighted by molar-refractivity contribution is 0.0702. The lowest BCUT2D eigenvalue weighted by Gasteiger charge is -1.89. The lowest BCUT2D eigenvalue weighted by atomic mass is 10.2. The summed E-state index contributed by atoms with van der Waals surface area (Å²) in [5, 5.41) is 18.7. The van der Waals surface area contributed by atoms with Crippen molar-refractivity contribution < 1.29 is 15.0 Å². The van der Waals surface area contributed by atoms with Crippen LogP contribution in [0.1, 0.15) is 9.67 Å². The van der Waals surface area contributed by atoms with Gasteiger partial charge < -0.3 is 10.2 Å². The molecule has 0 fully saturated rings. The highest BCUT2D eigenvalue weighted by Crippen LogP contribution is 2.28. The van der Waals surface area contributed by atoms with Crippen LogP contribution in [0.2, 0.25) is 0 Å². The number of benzene rings is 1. The normalized spacial score (nSPS) is 10.5. The monoisotopic (exact) mass is 194 g/mol. The average molecular weight is 194 g/mol. The van der Waals surface area contributed by atoms with Crippen LogP contribution in [-0.4, -0.2) is 16.2 Å². The van der Waals surface area contributed by atoms with Gasteiger partial charge in [0.15, 0.2) is 0 Å². The molecule has 0 atom stereocenters. The molecule has 0 aliphatic carbocycles. The molecule has 0 aliphatic rings. The van der Waals surface area contributed by atoms with Gasteiger partial charge in [0.1, 0.15) is 10.6 Å². The summed E-state index contributed by atoms with van der Waals surface area (Å²) in [6, 6.07) is 6.41. The summed E-state index contributed by atoms with van der Waals surface area (Å²) in [5.41, 5.74) is 0. The second-order valence-electron chi connectivity index (χ2n) is 2.64. The van der Waals surface area contributed by atoms with Gasteiger partial charge in [-0.1, -0.05) is 0 Å². The number of phenols is 1. The van der Waals surface area contributed by atoms with Crippen LogP contribution in [0.4, 0.5) is 0 Å². The third kappa shape index (κ3) is 1.36. The molecule has 0 bridgehead atoms. The molecule has 13 heavy (non-hydrogen) atoms. The fourth-order valence-corrected chi connectivity index (χ4v) is 2.06.